The number of rotatable bonds is 5. The maximum Gasteiger partial charge on any atom is 0.120 e. The summed E-state index contributed by atoms with van der Waals surface area (Å²) >= 11 is 0. The van der Waals surface area contributed by atoms with E-state index in [-0.39, 0.29) is 17.6 Å². The minimum absolute atomic E-state index is 0.149. The number of hydrogen-bond acceptors (Lipinski definition) is 4. The van der Waals surface area contributed by atoms with Crippen molar-refractivity contribution in [3.05, 3.63) is 23.5 Å². The van der Waals surface area contributed by atoms with Gasteiger partial charge in [-0.15, -0.1) is 0 Å². The lowest BCUT2D eigenvalue weighted by molar-refractivity contribution is -0.0964. The average molecular weight is 330 g/mol. The molecule has 2 unspecified atom stereocenters. The van der Waals surface area contributed by atoms with Gasteiger partial charge in [0.2, 0.25) is 0 Å². The molecule has 0 amide bonds. The number of aliphatic hydroxyl groups is 1. The molecule has 2 N–H and O–H groups in total. The molecule has 5 heteroatoms. The molecule has 0 aromatic carbocycles. The van der Waals surface area contributed by atoms with Crippen molar-refractivity contribution in [3.63, 3.8) is 0 Å². The maximum absolute atomic E-state index is 10.6. The van der Waals surface area contributed by atoms with E-state index < -0.39 is 0 Å². The highest BCUT2D eigenvalue weighted by Gasteiger charge is 2.58. The Balaban J connectivity index is 1.63. The highest BCUT2D eigenvalue weighted by atomic mass is 16.3. The van der Waals surface area contributed by atoms with Gasteiger partial charge in [-0.05, 0) is 36.9 Å². The van der Waals surface area contributed by atoms with Crippen LogP contribution in [0.4, 0.5) is 0 Å². The number of aryl methyl sites for hydroxylation is 1. The summed E-state index contributed by atoms with van der Waals surface area (Å²) < 4.78 is 1.85. The summed E-state index contributed by atoms with van der Waals surface area (Å²) in [4.78, 5) is 2.55. The number of aliphatic hydroxyl groups excluding tert-OH is 1. The highest BCUT2D eigenvalue weighted by molar-refractivity contribution is 5.28. The lowest BCUT2D eigenvalue weighted by atomic mass is 9.65. The van der Waals surface area contributed by atoms with Crippen LogP contribution < -0.4 is 5.32 Å². The standard InChI is InChI=1S/C19H30N4O/c1-5-23-12-19(18(23)13(2)3)7-16(17(24)8-19)21-10-14-6-15(9-20)22(4)11-14/h6,11,13,16-18,21,24H,5,7-8,10,12H2,1-4H3/t16-,17-,18?,19?/m1/s1. The molecular weight excluding hydrogens is 300 g/mol. The van der Waals surface area contributed by atoms with E-state index in [1.54, 1.807) is 0 Å². The Bertz CT molecular complexity index is 632. The molecule has 1 saturated carbocycles. The lowest BCUT2D eigenvalue weighted by Gasteiger charge is -2.58. The number of nitriles is 1. The number of nitrogens with zero attached hydrogens (tertiary/aromatic N) is 3. The smallest absolute Gasteiger partial charge is 0.120 e. The molecule has 24 heavy (non-hydrogen) atoms. The van der Waals surface area contributed by atoms with Gasteiger partial charge >= 0.3 is 0 Å². The average Bonchev–Trinajstić information content (AvgIpc) is 3.03. The van der Waals surface area contributed by atoms with Gasteiger partial charge in [0.25, 0.3) is 0 Å². The van der Waals surface area contributed by atoms with Crippen molar-refractivity contribution in [2.24, 2.45) is 18.4 Å². The van der Waals surface area contributed by atoms with Crippen molar-refractivity contribution < 1.29 is 5.11 Å². The zero-order chi connectivity index (χ0) is 17.5. The van der Waals surface area contributed by atoms with Crippen LogP contribution in [-0.2, 0) is 13.6 Å². The third-order valence-corrected chi connectivity index (χ3v) is 6.03. The Morgan fingerprint density at radius 3 is 2.79 bits per heavy atom. The Morgan fingerprint density at radius 2 is 2.21 bits per heavy atom. The summed E-state index contributed by atoms with van der Waals surface area (Å²) in [6.07, 6.45) is 3.67. The molecule has 1 spiro atoms. The minimum atomic E-state index is -0.274. The number of nitrogens with one attached hydrogen (secondary N) is 1. The summed E-state index contributed by atoms with van der Waals surface area (Å²) in [6.45, 7) is 9.75. The monoisotopic (exact) mass is 330 g/mol. The lowest BCUT2D eigenvalue weighted by Crippen LogP contribution is -2.65. The van der Waals surface area contributed by atoms with Gasteiger partial charge in [0, 0.05) is 43.8 Å². The van der Waals surface area contributed by atoms with E-state index >= 15 is 0 Å². The van der Waals surface area contributed by atoms with Gasteiger partial charge < -0.3 is 15.0 Å². The van der Waals surface area contributed by atoms with Crippen LogP contribution in [0, 0.1) is 22.7 Å². The molecule has 1 aliphatic carbocycles. The minimum Gasteiger partial charge on any atom is -0.391 e. The molecule has 0 radical (unpaired) electrons. The first kappa shape index (κ1) is 17.5. The molecule has 5 nitrogen and oxygen atoms in total. The van der Waals surface area contributed by atoms with E-state index in [2.05, 4.69) is 37.1 Å². The quantitative estimate of drug-likeness (QED) is 0.865. The Labute approximate surface area is 145 Å². The summed E-state index contributed by atoms with van der Waals surface area (Å²) in [5, 5.41) is 23.2. The normalized spacial score (nSPS) is 33.1. The van der Waals surface area contributed by atoms with Crippen molar-refractivity contribution >= 4 is 0 Å². The third kappa shape index (κ3) is 2.88. The van der Waals surface area contributed by atoms with Gasteiger partial charge in [0.05, 0.1) is 6.10 Å². The molecule has 1 aromatic heterocycles. The molecule has 2 fully saturated rings. The van der Waals surface area contributed by atoms with Crippen molar-refractivity contribution in [1.29, 1.82) is 5.26 Å². The topological polar surface area (TPSA) is 64.2 Å². The predicted octanol–water partition coefficient (Wildman–Crippen LogP) is 1.86. The van der Waals surface area contributed by atoms with Crippen molar-refractivity contribution in [2.45, 2.75) is 58.3 Å². The van der Waals surface area contributed by atoms with Crippen LogP contribution >= 0.6 is 0 Å². The van der Waals surface area contributed by atoms with E-state index in [0.29, 0.717) is 24.2 Å². The first-order valence-electron chi connectivity index (χ1n) is 9.11. The maximum atomic E-state index is 10.6. The second-order valence-electron chi connectivity index (χ2n) is 8.03. The summed E-state index contributed by atoms with van der Waals surface area (Å²) in [7, 11) is 1.89. The molecule has 3 rings (SSSR count). The molecule has 0 bridgehead atoms. The van der Waals surface area contributed by atoms with Gasteiger partial charge in [0.15, 0.2) is 0 Å². The molecule has 2 aliphatic rings. The molecule has 132 valence electrons. The van der Waals surface area contributed by atoms with E-state index in [0.717, 1.165) is 31.5 Å². The molecular formula is C19H30N4O. The van der Waals surface area contributed by atoms with Crippen molar-refractivity contribution in [1.82, 2.24) is 14.8 Å². The predicted molar refractivity (Wildman–Crippen MR) is 94.3 cm³/mol. The largest absolute Gasteiger partial charge is 0.391 e. The number of aromatic nitrogens is 1. The van der Waals surface area contributed by atoms with Crippen LogP contribution in [0.1, 0.15) is 44.9 Å². The second-order valence-corrected chi connectivity index (χ2v) is 8.03. The first-order chi connectivity index (χ1) is 11.4. The van der Waals surface area contributed by atoms with E-state index in [4.69, 9.17) is 5.26 Å². The summed E-state index contributed by atoms with van der Waals surface area (Å²) in [5.41, 5.74) is 2.05. The van der Waals surface area contributed by atoms with Gasteiger partial charge in [-0.2, -0.15) is 5.26 Å². The van der Waals surface area contributed by atoms with Gasteiger partial charge in [-0.1, -0.05) is 20.8 Å². The van der Waals surface area contributed by atoms with Gasteiger partial charge in [0.1, 0.15) is 11.8 Å². The molecule has 1 aromatic rings. The molecule has 2 heterocycles. The number of likely N-dealkylation sites (tertiary alicyclic amines) is 1. The van der Waals surface area contributed by atoms with Crippen LogP contribution in [0.15, 0.2) is 12.3 Å². The molecule has 1 saturated heterocycles. The molecule has 1 aliphatic heterocycles. The number of hydrogen-bond donors (Lipinski definition) is 2. The fourth-order valence-corrected chi connectivity index (χ4v) is 5.19. The highest BCUT2D eigenvalue weighted by Crippen LogP contribution is 2.52. The van der Waals surface area contributed by atoms with Crippen LogP contribution in [0.3, 0.4) is 0 Å². The van der Waals surface area contributed by atoms with E-state index in [9.17, 15) is 5.11 Å². The van der Waals surface area contributed by atoms with E-state index in [1.165, 1.54) is 0 Å². The fraction of sp³-hybridized carbons (Fsp3) is 0.737. The molecule has 4 atom stereocenters. The summed E-state index contributed by atoms with van der Waals surface area (Å²) in [5.74, 6) is 0.622. The van der Waals surface area contributed by atoms with Crippen LogP contribution in [0.5, 0.6) is 0 Å². The first-order valence-corrected chi connectivity index (χ1v) is 9.11. The summed E-state index contributed by atoms with van der Waals surface area (Å²) in [6, 6.07) is 4.85. The second kappa shape index (κ2) is 6.51. The Kier molecular flexibility index (Phi) is 4.74. The van der Waals surface area contributed by atoms with Crippen molar-refractivity contribution in [2.75, 3.05) is 13.1 Å². The Hall–Kier alpha value is -1.35. The van der Waals surface area contributed by atoms with Gasteiger partial charge in [-0.25, -0.2) is 0 Å². The van der Waals surface area contributed by atoms with Crippen LogP contribution in [0.2, 0.25) is 0 Å². The third-order valence-electron chi connectivity index (χ3n) is 6.03. The van der Waals surface area contributed by atoms with Gasteiger partial charge in [-0.3, -0.25) is 4.90 Å². The van der Waals surface area contributed by atoms with E-state index in [1.807, 2.05) is 23.9 Å². The SMILES string of the molecule is CCN1CC2(C[C@@H](O)[C@H](NCc3cc(C#N)n(C)c3)C2)C1C(C)C. The Morgan fingerprint density at radius 1 is 1.46 bits per heavy atom. The van der Waals surface area contributed by atoms with Crippen molar-refractivity contribution in [3.8, 4) is 6.07 Å². The zero-order valence-electron chi connectivity index (χ0n) is 15.3. The van der Waals surface area contributed by atoms with Crippen LogP contribution in [0.25, 0.3) is 0 Å². The zero-order valence-corrected chi connectivity index (χ0v) is 15.3. The fourth-order valence-electron chi connectivity index (χ4n) is 5.19. The van der Waals surface area contributed by atoms with Crippen LogP contribution in [-0.4, -0.2) is 45.9 Å².